The van der Waals surface area contributed by atoms with Crippen molar-refractivity contribution < 1.29 is 4.79 Å². The predicted molar refractivity (Wildman–Crippen MR) is 96.0 cm³/mol. The molecule has 0 saturated carbocycles. The van der Waals surface area contributed by atoms with E-state index in [4.69, 9.17) is 0 Å². The molecule has 0 aromatic carbocycles. The predicted octanol–water partition coefficient (Wildman–Crippen LogP) is -0.301. The summed E-state index contributed by atoms with van der Waals surface area (Å²) >= 11 is 0. The Morgan fingerprint density at radius 2 is 1.92 bits per heavy atom. The molecule has 4 rings (SSSR count). The number of likely N-dealkylation sites (tertiary alicyclic amines) is 2. The molecule has 25 heavy (non-hydrogen) atoms. The molecule has 0 bridgehead atoms. The average Bonchev–Trinajstić information content (AvgIpc) is 3.25. The van der Waals surface area contributed by atoms with E-state index in [1.165, 1.54) is 5.56 Å². The summed E-state index contributed by atoms with van der Waals surface area (Å²) in [4.78, 5) is 22.2. The largest absolute Gasteiger partial charge is 0.339 e. The van der Waals surface area contributed by atoms with Crippen LogP contribution < -0.4 is 0 Å². The van der Waals surface area contributed by atoms with Gasteiger partial charge < -0.3 is 9.80 Å². The van der Waals surface area contributed by atoms with Gasteiger partial charge in [-0.25, -0.2) is 0 Å². The van der Waals surface area contributed by atoms with Crippen molar-refractivity contribution in [2.45, 2.75) is 25.0 Å². The SMILES string of the molecule is CN1CCN(C(=O)[C@H]2C[C@@H]3CN(Cc4cnn(C)c4)C[C@@H]3N2C)CC1. The molecule has 3 aliphatic rings. The topological polar surface area (TPSA) is 47.9 Å². The number of carbonyl (C=O) groups is 1. The molecule has 0 spiro atoms. The first-order valence-electron chi connectivity index (χ1n) is 9.40. The molecule has 0 aliphatic carbocycles. The number of nitrogens with zero attached hydrogens (tertiary/aromatic N) is 6. The third-order valence-electron chi connectivity index (χ3n) is 6.29. The van der Waals surface area contributed by atoms with Crippen LogP contribution in [0.25, 0.3) is 0 Å². The molecule has 0 N–H and O–H groups in total. The second-order valence-corrected chi connectivity index (χ2v) is 8.09. The maximum atomic E-state index is 13.0. The van der Waals surface area contributed by atoms with Gasteiger partial charge in [0, 0.05) is 70.7 Å². The van der Waals surface area contributed by atoms with E-state index in [0.717, 1.165) is 52.2 Å². The number of likely N-dealkylation sites (N-methyl/N-ethyl adjacent to an activating group) is 2. The minimum absolute atomic E-state index is 0.0824. The van der Waals surface area contributed by atoms with Gasteiger partial charge in [0.05, 0.1) is 12.2 Å². The second-order valence-electron chi connectivity index (χ2n) is 8.09. The molecule has 3 atom stereocenters. The Balaban J connectivity index is 1.34. The molecule has 3 saturated heterocycles. The fourth-order valence-corrected chi connectivity index (χ4v) is 4.77. The van der Waals surface area contributed by atoms with Gasteiger partial charge in [0.1, 0.15) is 0 Å². The van der Waals surface area contributed by atoms with E-state index in [1.807, 2.05) is 17.9 Å². The van der Waals surface area contributed by atoms with Crippen molar-refractivity contribution in [1.29, 1.82) is 0 Å². The zero-order chi connectivity index (χ0) is 17.6. The van der Waals surface area contributed by atoms with Crippen LogP contribution in [0.1, 0.15) is 12.0 Å². The lowest BCUT2D eigenvalue weighted by Gasteiger charge is -2.36. The highest BCUT2D eigenvalue weighted by atomic mass is 16.2. The first-order chi connectivity index (χ1) is 12.0. The average molecular weight is 346 g/mol. The Morgan fingerprint density at radius 3 is 2.56 bits per heavy atom. The van der Waals surface area contributed by atoms with Gasteiger partial charge in [-0.3, -0.25) is 19.3 Å². The second kappa shape index (κ2) is 6.70. The molecule has 7 nitrogen and oxygen atoms in total. The van der Waals surface area contributed by atoms with E-state index >= 15 is 0 Å². The molecule has 1 aromatic rings. The molecular formula is C18H30N6O. The van der Waals surface area contributed by atoms with Crippen LogP contribution in [-0.2, 0) is 18.4 Å². The van der Waals surface area contributed by atoms with Gasteiger partial charge in [0.15, 0.2) is 0 Å². The van der Waals surface area contributed by atoms with Crippen LogP contribution in [0.4, 0.5) is 0 Å². The number of aryl methyl sites for hydroxylation is 1. The first-order valence-corrected chi connectivity index (χ1v) is 9.40. The Bertz CT molecular complexity index is 623. The lowest BCUT2D eigenvalue weighted by molar-refractivity contribution is -0.137. The van der Waals surface area contributed by atoms with E-state index in [9.17, 15) is 4.79 Å². The Kier molecular flexibility index (Phi) is 4.56. The van der Waals surface area contributed by atoms with Crippen LogP contribution in [0.15, 0.2) is 12.4 Å². The molecule has 7 heteroatoms. The van der Waals surface area contributed by atoms with Crippen molar-refractivity contribution in [2.24, 2.45) is 13.0 Å². The van der Waals surface area contributed by atoms with Gasteiger partial charge in [-0.15, -0.1) is 0 Å². The van der Waals surface area contributed by atoms with Crippen LogP contribution in [0.2, 0.25) is 0 Å². The van der Waals surface area contributed by atoms with E-state index in [1.54, 1.807) is 0 Å². The third-order valence-corrected chi connectivity index (χ3v) is 6.29. The number of aromatic nitrogens is 2. The smallest absolute Gasteiger partial charge is 0.240 e. The van der Waals surface area contributed by atoms with Crippen LogP contribution in [0.3, 0.4) is 0 Å². The summed E-state index contributed by atoms with van der Waals surface area (Å²) in [6.07, 6.45) is 5.06. The number of carbonyl (C=O) groups excluding carboxylic acids is 1. The molecule has 3 aliphatic heterocycles. The highest BCUT2D eigenvalue weighted by Crippen LogP contribution is 2.35. The molecule has 138 valence electrons. The van der Waals surface area contributed by atoms with Crippen molar-refractivity contribution in [1.82, 2.24) is 29.4 Å². The van der Waals surface area contributed by atoms with Crippen LogP contribution >= 0.6 is 0 Å². The highest BCUT2D eigenvalue weighted by Gasteiger charge is 2.47. The van der Waals surface area contributed by atoms with Crippen molar-refractivity contribution in [3.8, 4) is 0 Å². The lowest BCUT2D eigenvalue weighted by Crippen LogP contribution is -2.53. The molecule has 3 fully saturated rings. The van der Waals surface area contributed by atoms with Crippen LogP contribution in [0.5, 0.6) is 0 Å². The maximum absolute atomic E-state index is 13.0. The van der Waals surface area contributed by atoms with Crippen molar-refractivity contribution >= 4 is 5.91 Å². The zero-order valence-corrected chi connectivity index (χ0v) is 15.6. The number of amides is 1. The Hall–Kier alpha value is -1.44. The first kappa shape index (κ1) is 17.0. The van der Waals surface area contributed by atoms with Crippen molar-refractivity contribution in [3.63, 3.8) is 0 Å². The van der Waals surface area contributed by atoms with Gasteiger partial charge in [-0.1, -0.05) is 0 Å². The summed E-state index contributed by atoms with van der Waals surface area (Å²) in [5.41, 5.74) is 1.27. The van der Waals surface area contributed by atoms with Gasteiger partial charge in [0.25, 0.3) is 0 Å². The number of hydrogen-bond donors (Lipinski definition) is 0. The number of piperazine rings is 1. The molecule has 4 heterocycles. The Morgan fingerprint density at radius 1 is 1.16 bits per heavy atom. The van der Waals surface area contributed by atoms with Crippen molar-refractivity contribution in [2.75, 3.05) is 53.4 Å². The third kappa shape index (κ3) is 3.32. The lowest BCUT2D eigenvalue weighted by atomic mass is 10.0. The maximum Gasteiger partial charge on any atom is 0.240 e. The standard InChI is InChI=1S/C18H30N6O/c1-20-4-6-24(7-5-20)18(25)16-8-15-12-23(13-17(15)22(16)3)11-14-9-19-21(2)10-14/h9-10,15-17H,4-8,11-13H2,1-3H3/t15-,16-,17+/m1/s1. The van der Waals surface area contributed by atoms with Gasteiger partial charge in [0.2, 0.25) is 5.91 Å². The van der Waals surface area contributed by atoms with E-state index in [2.05, 4.69) is 45.0 Å². The number of fused-ring (bicyclic) bond motifs is 1. The Labute approximate surface area is 150 Å². The number of rotatable bonds is 3. The summed E-state index contributed by atoms with van der Waals surface area (Å²) in [6, 6.07) is 0.594. The summed E-state index contributed by atoms with van der Waals surface area (Å²) in [5.74, 6) is 0.965. The van der Waals surface area contributed by atoms with Crippen LogP contribution in [0, 0.1) is 5.92 Å². The number of hydrogen-bond acceptors (Lipinski definition) is 5. The summed E-state index contributed by atoms with van der Waals surface area (Å²) in [6.45, 7) is 6.86. The molecule has 1 amide bonds. The van der Waals surface area contributed by atoms with E-state index in [0.29, 0.717) is 17.9 Å². The minimum Gasteiger partial charge on any atom is -0.339 e. The fraction of sp³-hybridized carbons (Fsp3) is 0.778. The monoisotopic (exact) mass is 346 g/mol. The summed E-state index contributed by atoms with van der Waals surface area (Å²) in [5, 5.41) is 4.26. The minimum atomic E-state index is 0.0824. The summed E-state index contributed by atoms with van der Waals surface area (Å²) in [7, 11) is 6.24. The zero-order valence-electron chi connectivity index (χ0n) is 15.6. The van der Waals surface area contributed by atoms with Crippen molar-refractivity contribution in [3.05, 3.63) is 18.0 Å². The van der Waals surface area contributed by atoms with E-state index in [-0.39, 0.29) is 6.04 Å². The van der Waals surface area contributed by atoms with Gasteiger partial charge >= 0.3 is 0 Å². The normalized spacial score (nSPS) is 31.6. The van der Waals surface area contributed by atoms with Gasteiger partial charge in [-0.2, -0.15) is 5.10 Å². The molecule has 0 radical (unpaired) electrons. The van der Waals surface area contributed by atoms with E-state index < -0.39 is 0 Å². The quantitative estimate of drug-likeness (QED) is 0.752. The van der Waals surface area contributed by atoms with Crippen LogP contribution in [-0.4, -0.2) is 101 Å². The summed E-state index contributed by atoms with van der Waals surface area (Å²) < 4.78 is 1.86. The van der Waals surface area contributed by atoms with Gasteiger partial charge in [-0.05, 0) is 26.4 Å². The fourth-order valence-electron chi connectivity index (χ4n) is 4.77. The molecular weight excluding hydrogens is 316 g/mol. The molecule has 0 unspecified atom stereocenters. The highest BCUT2D eigenvalue weighted by molar-refractivity contribution is 5.82. The molecule has 1 aromatic heterocycles.